The Morgan fingerprint density at radius 3 is 2.91 bits per heavy atom. The topological polar surface area (TPSA) is 27.8 Å². The Kier molecular flexibility index (Phi) is 4.29. The molecular weight excluding hydrogens is 300 g/mol. The highest BCUT2D eigenvalue weighted by molar-refractivity contribution is 8.00. The molecule has 1 saturated heterocycles. The van der Waals surface area contributed by atoms with Gasteiger partial charge in [0.15, 0.2) is 0 Å². The molecule has 2 aromatic carbocycles. The number of hydrogen-bond donors (Lipinski definition) is 2. The molecule has 2 nitrogen and oxygen atoms in total. The van der Waals surface area contributed by atoms with Crippen LogP contribution in [0.1, 0.15) is 18.4 Å². The van der Waals surface area contributed by atoms with E-state index in [0.717, 1.165) is 5.92 Å². The Bertz CT molecular complexity index is 765. The summed E-state index contributed by atoms with van der Waals surface area (Å²) in [4.78, 5) is 3.25. The molecule has 3 aromatic rings. The minimum atomic E-state index is 0.522. The van der Waals surface area contributed by atoms with Gasteiger partial charge in [-0.3, -0.25) is 0 Å². The lowest BCUT2D eigenvalue weighted by Crippen LogP contribution is -2.26. The Labute approximate surface area is 141 Å². The second-order valence-corrected chi connectivity index (χ2v) is 7.67. The van der Waals surface area contributed by atoms with Gasteiger partial charge < -0.3 is 10.3 Å². The lowest BCUT2D eigenvalue weighted by atomic mass is 9.93. The summed E-state index contributed by atoms with van der Waals surface area (Å²) in [5, 5.41) is 5.52. The van der Waals surface area contributed by atoms with Gasteiger partial charge in [0.2, 0.25) is 0 Å². The van der Waals surface area contributed by atoms with E-state index in [9.17, 15) is 0 Å². The molecule has 0 saturated carbocycles. The molecule has 0 aliphatic carbocycles. The lowest BCUT2D eigenvalue weighted by Gasteiger charge is -2.30. The molecule has 4 rings (SSSR count). The highest BCUT2D eigenvalue weighted by Gasteiger charge is 2.22. The van der Waals surface area contributed by atoms with Crippen molar-refractivity contribution in [3.63, 3.8) is 0 Å². The molecule has 2 atom stereocenters. The van der Waals surface area contributed by atoms with E-state index in [2.05, 4.69) is 76.7 Å². The fourth-order valence-corrected chi connectivity index (χ4v) is 4.81. The Hall–Kier alpha value is -1.87. The molecule has 0 radical (unpaired) electrons. The van der Waals surface area contributed by atoms with Gasteiger partial charge in [-0.25, -0.2) is 0 Å². The maximum absolute atomic E-state index is 3.73. The number of fused-ring (bicyclic) bond motifs is 1. The number of hydrogen-bond acceptors (Lipinski definition) is 2. The number of aromatic nitrogens is 1. The number of H-pyrrole nitrogens is 1. The zero-order valence-electron chi connectivity index (χ0n) is 13.2. The van der Waals surface area contributed by atoms with Crippen LogP contribution in [0.5, 0.6) is 0 Å². The van der Waals surface area contributed by atoms with E-state index in [1.54, 1.807) is 0 Å². The van der Waals surface area contributed by atoms with Crippen molar-refractivity contribution in [3.05, 3.63) is 66.4 Å². The van der Waals surface area contributed by atoms with Crippen molar-refractivity contribution >= 4 is 28.4 Å². The van der Waals surface area contributed by atoms with Crippen LogP contribution in [0.4, 0.5) is 5.69 Å². The fraction of sp³-hybridized carbons (Fsp3) is 0.300. The average molecular weight is 322 g/mol. The number of anilines is 1. The van der Waals surface area contributed by atoms with Crippen LogP contribution in [-0.2, 0) is 6.42 Å². The first-order valence-corrected chi connectivity index (χ1v) is 9.41. The van der Waals surface area contributed by atoms with Crippen molar-refractivity contribution < 1.29 is 0 Å². The van der Waals surface area contributed by atoms with Crippen LogP contribution in [0.3, 0.4) is 0 Å². The van der Waals surface area contributed by atoms with Gasteiger partial charge in [-0.05, 0) is 60.8 Å². The van der Waals surface area contributed by atoms with E-state index in [4.69, 9.17) is 0 Å². The van der Waals surface area contributed by atoms with Gasteiger partial charge in [0.1, 0.15) is 0 Å². The summed E-state index contributed by atoms with van der Waals surface area (Å²) in [6, 6.07) is 19.6. The molecule has 3 heteroatoms. The Morgan fingerprint density at radius 2 is 2.00 bits per heavy atom. The minimum absolute atomic E-state index is 0.522. The van der Waals surface area contributed by atoms with Gasteiger partial charge >= 0.3 is 0 Å². The third kappa shape index (κ3) is 3.56. The normalized spacial score (nSPS) is 21.4. The van der Waals surface area contributed by atoms with E-state index in [-0.39, 0.29) is 0 Å². The van der Waals surface area contributed by atoms with Crippen molar-refractivity contribution in [2.75, 3.05) is 11.1 Å². The van der Waals surface area contributed by atoms with Gasteiger partial charge in [-0.15, -0.1) is 11.8 Å². The molecule has 0 spiro atoms. The van der Waals surface area contributed by atoms with Crippen molar-refractivity contribution in [2.45, 2.75) is 24.6 Å². The third-order valence-electron chi connectivity index (χ3n) is 4.64. The van der Waals surface area contributed by atoms with Gasteiger partial charge in [-0.2, -0.15) is 0 Å². The smallest absolute Gasteiger partial charge is 0.0725 e. The van der Waals surface area contributed by atoms with Crippen molar-refractivity contribution in [1.29, 1.82) is 0 Å². The molecule has 1 aliphatic rings. The van der Waals surface area contributed by atoms with Crippen LogP contribution in [0, 0.1) is 5.92 Å². The van der Waals surface area contributed by atoms with Crippen molar-refractivity contribution in [1.82, 2.24) is 4.98 Å². The molecule has 23 heavy (non-hydrogen) atoms. The van der Waals surface area contributed by atoms with Crippen LogP contribution in [-0.4, -0.2) is 16.1 Å². The fourth-order valence-electron chi connectivity index (χ4n) is 3.43. The van der Waals surface area contributed by atoms with E-state index in [1.807, 2.05) is 6.20 Å². The van der Waals surface area contributed by atoms with E-state index in [0.29, 0.717) is 5.37 Å². The lowest BCUT2D eigenvalue weighted by molar-refractivity contribution is 0.461. The summed E-state index contributed by atoms with van der Waals surface area (Å²) in [5.74, 6) is 2.04. The zero-order valence-corrected chi connectivity index (χ0v) is 14.0. The first kappa shape index (κ1) is 14.7. The molecular formula is C20H22N2S. The summed E-state index contributed by atoms with van der Waals surface area (Å²) < 4.78 is 0. The summed E-state index contributed by atoms with van der Waals surface area (Å²) in [7, 11) is 0. The number of rotatable bonds is 4. The third-order valence-corrected chi connectivity index (χ3v) is 5.82. The first-order valence-electron chi connectivity index (χ1n) is 8.36. The van der Waals surface area contributed by atoms with Crippen molar-refractivity contribution in [2.24, 2.45) is 5.92 Å². The number of benzene rings is 2. The highest BCUT2D eigenvalue weighted by atomic mass is 32.2. The van der Waals surface area contributed by atoms with E-state index >= 15 is 0 Å². The van der Waals surface area contributed by atoms with Gasteiger partial charge in [0.05, 0.1) is 5.37 Å². The van der Waals surface area contributed by atoms with Crippen LogP contribution < -0.4 is 5.32 Å². The van der Waals surface area contributed by atoms with Gasteiger partial charge in [0.25, 0.3) is 0 Å². The van der Waals surface area contributed by atoms with Gasteiger partial charge in [-0.1, -0.05) is 30.3 Å². The van der Waals surface area contributed by atoms with E-state index < -0.39 is 0 Å². The summed E-state index contributed by atoms with van der Waals surface area (Å²) in [5.41, 5.74) is 3.90. The number of nitrogens with one attached hydrogen (secondary N) is 2. The molecule has 1 aromatic heterocycles. The second kappa shape index (κ2) is 6.71. The number of thioether (sulfide) groups is 1. The molecule has 0 bridgehead atoms. The predicted molar refractivity (Wildman–Crippen MR) is 101 cm³/mol. The Balaban J connectivity index is 1.40. The summed E-state index contributed by atoms with van der Waals surface area (Å²) in [6.07, 6.45) is 5.77. The molecule has 2 heterocycles. The average Bonchev–Trinajstić information content (AvgIpc) is 3.04. The number of aromatic amines is 1. The molecule has 118 valence electrons. The molecule has 2 unspecified atom stereocenters. The van der Waals surface area contributed by atoms with Gasteiger partial charge in [0, 0.05) is 22.8 Å². The van der Waals surface area contributed by atoms with Crippen LogP contribution in [0.25, 0.3) is 10.9 Å². The second-order valence-electron chi connectivity index (χ2n) is 6.36. The van der Waals surface area contributed by atoms with Crippen LogP contribution in [0.15, 0.2) is 60.8 Å². The molecule has 1 fully saturated rings. The van der Waals surface area contributed by atoms with Crippen LogP contribution >= 0.6 is 11.8 Å². The molecule has 1 aliphatic heterocycles. The maximum Gasteiger partial charge on any atom is 0.0725 e. The predicted octanol–water partition coefficient (Wildman–Crippen LogP) is 5.29. The van der Waals surface area contributed by atoms with E-state index in [1.165, 1.54) is 47.2 Å². The maximum atomic E-state index is 3.73. The summed E-state index contributed by atoms with van der Waals surface area (Å²) in [6.45, 7) is 0. The Morgan fingerprint density at radius 1 is 1.09 bits per heavy atom. The standard InChI is InChI=1S/C20H22N2S/c1-2-4-15(5-3-1)12-16-9-11-23-20(13-16)22-18-6-7-19-17(14-18)8-10-21-19/h1-8,10,14,16,20-22H,9,11-13H2. The molecule has 2 N–H and O–H groups in total. The van der Waals surface area contributed by atoms with Crippen LogP contribution in [0.2, 0.25) is 0 Å². The largest absolute Gasteiger partial charge is 0.373 e. The molecule has 0 amide bonds. The summed E-state index contributed by atoms with van der Waals surface area (Å²) >= 11 is 2.06. The first-order chi connectivity index (χ1) is 11.4. The monoisotopic (exact) mass is 322 g/mol. The highest BCUT2D eigenvalue weighted by Crippen LogP contribution is 2.33. The SMILES string of the molecule is c1ccc(CC2CCSC(Nc3ccc4[nH]ccc4c3)C2)cc1. The minimum Gasteiger partial charge on any atom is -0.373 e. The van der Waals surface area contributed by atoms with Crippen molar-refractivity contribution in [3.8, 4) is 0 Å². The quantitative estimate of drug-likeness (QED) is 0.683. The zero-order chi connectivity index (χ0) is 15.5.